The first-order valence-electron chi connectivity index (χ1n) is 4.35. The number of rotatable bonds is 3. The molecule has 1 rings (SSSR count). The first kappa shape index (κ1) is 13.2. The van der Waals surface area contributed by atoms with E-state index < -0.39 is 23.0 Å². The van der Waals surface area contributed by atoms with Gasteiger partial charge in [0.25, 0.3) is 0 Å². The zero-order valence-corrected chi connectivity index (χ0v) is 8.61. The summed E-state index contributed by atoms with van der Waals surface area (Å²) in [7, 11) is 0. The van der Waals surface area contributed by atoms with Gasteiger partial charge in [0.2, 0.25) is 0 Å². The third-order valence-corrected chi connectivity index (χ3v) is 1.83. The van der Waals surface area contributed by atoms with Gasteiger partial charge in [0, 0.05) is 17.1 Å². The normalized spacial score (nSPS) is 11.4. The summed E-state index contributed by atoms with van der Waals surface area (Å²) >= 11 is 0. The molecule has 0 unspecified atom stereocenters. The maximum Gasteiger partial charge on any atom is 0.575 e. The summed E-state index contributed by atoms with van der Waals surface area (Å²) in [5.74, 6) is -1.58. The summed E-state index contributed by atoms with van der Waals surface area (Å²) < 4.78 is 39.6. The van der Waals surface area contributed by atoms with E-state index in [4.69, 9.17) is 5.73 Å². The van der Waals surface area contributed by atoms with E-state index in [9.17, 15) is 23.3 Å². The van der Waals surface area contributed by atoms with Gasteiger partial charge in [-0.3, -0.25) is 0 Å². The van der Waals surface area contributed by atoms with Gasteiger partial charge in [-0.25, -0.2) is 0 Å². The Morgan fingerprint density at radius 3 is 2.59 bits per heavy atom. The number of hydrogen-bond donors (Lipinski definition) is 1. The third kappa shape index (κ3) is 3.28. The average Bonchev–Trinajstić information content (AvgIpc) is 2.17. The fourth-order valence-electron chi connectivity index (χ4n) is 1.17. The second kappa shape index (κ2) is 4.53. The first-order valence-corrected chi connectivity index (χ1v) is 4.35. The Labute approximate surface area is 93.3 Å². The number of ether oxygens (including phenoxy) is 1. The molecule has 0 aliphatic heterocycles. The second-order valence-electron chi connectivity index (χ2n) is 3.10. The standard InChI is InChI=1S/C8H8F3N3O3/c1-4-2-5(3-12)7(17-8(9,10)11)13-6(4)14(15)16/h2H,3,12H2,1H3. The van der Waals surface area contributed by atoms with Crippen molar-refractivity contribution in [2.75, 3.05) is 0 Å². The van der Waals surface area contributed by atoms with Crippen LogP contribution in [0, 0.1) is 17.0 Å². The van der Waals surface area contributed by atoms with Crippen LogP contribution in [-0.4, -0.2) is 16.3 Å². The smallest absolute Gasteiger partial charge is 0.366 e. The summed E-state index contributed by atoms with van der Waals surface area (Å²) in [6, 6.07) is 1.15. The van der Waals surface area contributed by atoms with Crippen LogP contribution in [0.25, 0.3) is 0 Å². The molecular weight excluding hydrogens is 243 g/mol. The largest absolute Gasteiger partial charge is 0.575 e. The summed E-state index contributed by atoms with van der Waals surface area (Å²) in [4.78, 5) is 12.8. The van der Waals surface area contributed by atoms with Crippen LogP contribution in [0.4, 0.5) is 19.0 Å². The van der Waals surface area contributed by atoms with Crippen molar-refractivity contribution in [2.45, 2.75) is 19.8 Å². The SMILES string of the molecule is Cc1cc(CN)c(OC(F)(F)F)nc1[N+](=O)[O-]. The Bertz CT molecular complexity index is 448. The Kier molecular flexibility index (Phi) is 3.51. The predicted octanol–water partition coefficient (Wildman–Crippen LogP) is 1.66. The molecule has 0 aliphatic rings. The van der Waals surface area contributed by atoms with Crippen LogP contribution in [0.15, 0.2) is 6.07 Å². The molecule has 0 bridgehead atoms. The number of aryl methyl sites for hydroxylation is 1. The van der Waals surface area contributed by atoms with Crippen molar-refractivity contribution in [3.05, 3.63) is 27.3 Å². The van der Waals surface area contributed by atoms with Crippen LogP contribution < -0.4 is 10.5 Å². The average molecular weight is 251 g/mol. The summed E-state index contributed by atoms with van der Waals surface area (Å²) in [6.45, 7) is 1.08. The Morgan fingerprint density at radius 2 is 2.18 bits per heavy atom. The van der Waals surface area contributed by atoms with E-state index in [-0.39, 0.29) is 17.7 Å². The van der Waals surface area contributed by atoms with Gasteiger partial charge in [0.05, 0.1) is 5.56 Å². The quantitative estimate of drug-likeness (QED) is 0.651. The monoisotopic (exact) mass is 251 g/mol. The van der Waals surface area contributed by atoms with Gasteiger partial charge in [0.1, 0.15) is 0 Å². The maximum absolute atomic E-state index is 12.0. The van der Waals surface area contributed by atoms with Crippen molar-refractivity contribution >= 4 is 5.82 Å². The minimum Gasteiger partial charge on any atom is -0.366 e. The number of nitro groups is 1. The fourth-order valence-corrected chi connectivity index (χ4v) is 1.17. The first-order chi connectivity index (χ1) is 7.74. The highest BCUT2D eigenvalue weighted by molar-refractivity contribution is 5.40. The predicted molar refractivity (Wildman–Crippen MR) is 50.2 cm³/mol. The molecule has 0 saturated heterocycles. The lowest BCUT2D eigenvalue weighted by atomic mass is 10.2. The highest BCUT2D eigenvalue weighted by atomic mass is 19.4. The highest BCUT2D eigenvalue weighted by Gasteiger charge is 2.35. The number of aromatic nitrogens is 1. The molecule has 0 fully saturated rings. The minimum absolute atomic E-state index is 0.0505. The van der Waals surface area contributed by atoms with Crippen molar-refractivity contribution in [2.24, 2.45) is 5.73 Å². The molecule has 0 saturated carbocycles. The molecular formula is C8H8F3N3O3. The number of alkyl halides is 3. The van der Waals surface area contributed by atoms with Gasteiger partial charge in [-0.05, 0) is 17.9 Å². The molecule has 0 amide bonds. The number of halogens is 3. The van der Waals surface area contributed by atoms with Crippen molar-refractivity contribution < 1.29 is 22.8 Å². The van der Waals surface area contributed by atoms with Crippen LogP contribution in [0.2, 0.25) is 0 Å². The van der Waals surface area contributed by atoms with E-state index in [1.165, 1.54) is 6.92 Å². The van der Waals surface area contributed by atoms with E-state index >= 15 is 0 Å². The molecule has 1 aromatic rings. The molecule has 1 aromatic heterocycles. The van der Waals surface area contributed by atoms with Crippen LogP contribution >= 0.6 is 0 Å². The van der Waals surface area contributed by atoms with Crippen molar-refractivity contribution in [3.8, 4) is 5.88 Å². The molecule has 17 heavy (non-hydrogen) atoms. The molecule has 0 aromatic carbocycles. The molecule has 9 heteroatoms. The van der Waals surface area contributed by atoms with Crippen molar-refractivity contribution in [1.29, 1.82) is 0 Å². The molecule has 6 nitrogen and oxygen atoms in total. The zero-order chi connectivity index (χ0) is 13.2. The van der Waals surface area contributed by atoms with Gasteiger partial charge >= 0.3 is 18.1 Å². The van der Waals surface area contributed by atoms with Crippen LogP contribution in [0.5, 0.6) is 5.88 Å². The number of pyridine rings is 1. The molecule has 0 radical (unpaired) electrons. The van der Waals surface area contributed by atoms with Gasteiger partial charge in [0.15, 0.2) is 0 Å². The Morgan fingerprint density at radius 1 is 1.59 bits per heavy atom. The maximum atomic E-state index is 12.0. The summed E-state index contributed by atoms with van der Waals surface area (Å²) in [6.07, 6.45) is -4.97. The lowest BCUT2D eigenvalue weighted by Gasteiger charge is -2.08. The number of nitrogens with two attached hydrogens (primary N) is 1. The fraction of sp³-hybridized carbons (Fsp3) is 0.375. The number of hydrogen-bond acceptors (Lipinski definition) is 5. The number of nitrogens with zero attached hydrogens (tertiary/aromatic N) is 2. The molecule has 0 atom stereocenters. The molecule has 2 N–H and O–H groups in total. The Balaban J connectivity index is 3.26. The topological polar surface area (TPSA) is 91.3 Å². The van der Waals surface area contributed by atoms with E-state index in [0.29, 0.717) is 0 Å². The van der Waals surface area contributed by atoms with Gasteiger partial charge in [-0.15, -0.1) is 13.2 Å². The summed E-state index contributed by atoms with van der Waals surface area (Å²) in [5, 5.41) is 10.5. The third-order valence-electron chi connectivity index (χ3n) is 1.83. The minimum atomic E-state index is -4.97. The van der Waals surface area contributed by atoms with E-state index in [2.05, 4.69) is 9.72 Å². The highest BCUT2D eigenvalue weighted by Crippen LogP contribution is 2.28. The lowest BCUT2D eigenvalue weighted by Crippen LogP contribution is -2.20. The molecule has 0 spiro atoms. The Hall–Kier alpha value is -1.90. The lowest BCUT2D eigenvalue weighted by molar-refractivity contribution is -0.390. The van der Waals surface area contributed by atoms with Crippen LogP contribution in [0.1, 0.15) is 11.1 Å². The van der Waals surface area contributed by atoms with Gasteiger partial charge in [-0.2, -0.15) is 0 Å². The summed E-state index contributed by atoms with van der Waals surface area (Å²) in [5.41, 5.74) is 5.27. The van der Waals surface area contributed by atoms with Gasteiger partial charge < -0.3 is 20.6 Å². The second-order valence-corrected chi connectivity index (χ2v) is 3.10. The van der Waals surface area contributed by atoms with E-state index in [1.54, 1.807) is 0 Å². The van der Waals surface area contributed by atoms with E-state index in [1.807, 2.05) is 0 Å². The van der Waals surface area contributed by atoms with Gasteiger partial charge in [-0.1, -0.05) is 0 Å². The van der Waals surface area contributed by atoms with Crippen molar-refractivity contribution in [3.63, 3.8) is 0 Å². The van der Waals surface area contributed by atoms with Crippen LogP contribution in [0.3, 0.4) is 0 Å². The van der Waals surface area contributed by atoms with E-state index in [0.717, 1.165) is 6.07 Å². The van der Waals surface area contributed by atoms with Crippen molar-refractivity contribution in [1.82, 2.24) is 4.98 Å². The zero-order valence-electron chi connectivity index (χ0n) is 8.61. The van der Waals surface area contributed by atoms with Crippen LogP contribution in [-0.2, 0) is 6.54 Å². The molecule has 0 aliphatic carbocycles. The molecule has 1 heterocycles. The molecule has 94 valence electrons.